The van der Waals surface area contributed by atoms with Crippen molar-refractivity contribution in [2.24, 2.45) is 5.41 Å². The van der Waals surface area contributed by atoms with Crippen molar-refractivity contribution in [2.75, 3.05) is 26.7 Å². The molecule has 0 unspecified atom stereocenters. The first-order valence-electron chi connectivity index (χ1n) is 9.28. The molecule has 2 amide bonds. The summed E-state index contributed by atoms with van der Waals surface area (Å²) in [6.45, 7) is 5.79. The van der Waals surface area contributed by atoms with Gasteiger partial charge in [-0.25, -0.2) is 9.18 Å². The smallest absolute Gasteiger partial charge is 0.318 e. The van der Waals surface area contributed by atoms with Crippen molar-refractivity contribution in [3.8, 4) is 0 Å². The first-order chi connectivity index (χ1) is 12.9. The fourth-order valence-electron chi connectivity index (χ4n) is 3.53. The number of amides is 2. The lowest BCUT2D eigenvalue weighted by Crippen LogP contribution is -2.44. The molecular weight excluding hydrogens is 343 g/mol. The van der Waals surface area contributed by atoms with Gasteiger partial charge in [-0.05, 0) is 60.8 Å². The van der Waals surface area contributed by atoms with E-state index in [-0.39, 0.29) is 17.3 Å². The van der Waals surface area contributed by atoms with E-state index >= 15 is 0 Å². The number of pyridine rings is 1. The van der Waals surface area contributed by atoms with E-state index in [2.05, 4.69) is 29.2 Å². The Morgan fingerprint density at radius 2 is 1.81 bits per heavy atom. The molecule has 3 rings (SSSR count). The normalized spacial score (nSPS) is 19.8. The molecule has 1 aliphatic rings. The fourth-order valence-corrected chi connectivity index (χ4v) is 3.53. The third-order valence-corrected chi connectivity index (χ3v) is 5.11. The number of rotatable bonds is 6. The summed E-state index contributed by atoms with van der Waals surface area (Å²) in [6, 6.07) is 9.98. The van der Waals surface area contributed by atoms with E-state index in [1.54, 1.807) is 29.4 Å². The van der Waals surface area contributed by atoms with Crippen LogP contribution < -0.4 is 5.32 Å². The van der Waals surface area contributed by atoms with Crippen LogP contribution in [0, 0.1) is 11.2 Å². The summed E-state index contributed by atoms with van der Waals surface area (Å²) >= 11 is 0. The first kappa shape index (κ1) is 19.3. The largest absolute Gasteiger partial charge is 0.337 e. The number of halogens is 1. The summed E-state index contributed by atoms with van der Waals surface area (Å²) in [6.07, 6.45) is 4.52. The Balaban J connectivity index is 1.68. The summed E-state index contributed by atoms with van der Waals surface area (Å²) in [5.41, 5.74) is 2.00. The molecule has 1 fully saturated rings. The minimum Gasteiger partial charge on any atom is -0.337 e. The molecule has 2 heterocycles. The van der Waals surface area contributed by atoms with E-state index < -0.39 is 0 Å². The summed E-state index contributed by atoms with van der Waals surface area (Å²) in [5.74, 6) is -0.276. The second-order valence-electron chi connectivity index (χ2n) is 7.80. The predicted molar refractivity (Wildman–Crippen MR) is 104 cm³/mol. The van der Waals surface area contributed by atoms with Gasteiger partial charge in [0.05, 0.1) is 0 Å². The molecule has 1 atom stereocenters. The number of carbonyl (C=O) groups is 1. The highest BCUT2D eigenvalue weighted by Crippen LogP contribution is 2.28. The zero-order valence-electron chi connectivity index (χ0n) is 16.0. The number of likely N-dealkylation sites (tertiary alicyclic amines) is 1. The summed E-state index contributed by atoms with van der Waals surface area (Å²) in [7, 11) is 2.11. The number of nitrogens with one attached hydrogen (secondary N) is 1. The maximum Gasteiger partial charge on any atom is 0.318 e. The molecule has 0 saturated carbocycles. The summed E-state index contributed by atoms with van der Waals surface area (Å²) < 4.78 is 13.2. The monoisotopic (exact) mass is 370 g/mol. The van der Waals surface area contributed by atoms with Crippen LogP contribution in [0.4, 0.5) is 9.18 Å². The third-order valence-electron chi connectivity index (χ3n) is 5.11. The number of carbonyl (C=O) groups excluding carboxylic acids is 1. The second-order valence-corrected chi connectivity index (χ2v) is 7.80. The van der Waals surface area contributed by atoms with Crippen LogP contribution in [0.25, 0.3) is 0 Å². The van der Waals surface area contributed by atoms with Gasteiger partial charge in [0.15, 0.2) is 0 Å². The molecule has 144 valence electrons. The maximum atomic E-state index is 13.2. The van der Waals surface area contributed by atoms with Crippen LogP contribution in [0.1, 0.15) is 24.5 Å². The van der Waals surface area contributed by atoms with Gasteiger partial charge in [-0.2, -0.15) is 0 Å². The molecule has 1 aliphatic heterocycles. The summed E-state index contributed by atoms with van der Waals surface area (Å²) in [5, 5.41) is 3.11. The van der Waals surface area contributed by atoms with Gasteiger partial charge in [0.2, 0.25) is 0 Å². The lowest BCUT2D eigenvalue weighted by Gasteiger charge is -2.28. The lowest BCUT2D eigenvalue weighted by molar-refractivity contribution is 0.185. The van der Waals surface area contributed by atoms with E-state index in [0.29, 0.717) is 19.6 Å². The highest BCUT2D eigenvalue weighted by molar-refractivity contribution is 5.74. The number of benzene rings is 1. The Morgan fingerprint density at radius 1 is 1.19 bits per heavy atom. The van der Waals surface area contributed by atoms with Crippen LogP contribution >= 0.6 is 0 Å². The molecule has 1 aromatic heterocycles. The molecular formula is C21H27FN4O. The molecule has 0 spiro atoms. The van der Waals surface area contributed by atoms with Gasteiger partial charge in [0.25, 0.3) is 0 Å². The van der Waals surface area contributed by atoms with Crippen molar-refractivity contribution in [3.05, 3.63) is 65.7 Å². The molecule has 6 heteroatoms. The van der Waals surface area contributed by atoms with Gasteiger partial charge in [-0.3, -0.25) is 4.98 Å². The Labute approximate surface area is 160 Å². The molecule has 1 N–H and O–H groups in total. The van der Waals surface area contributed by atoms with Crippen LogP contribution in [-0.2, 0) is 13.1 Å². The highest BCUT2D eigenvalue weighted by atomic mass is 19.1. The zero-order chi connectivity index (χ0) is 19.3. The second kappa shape index (κ2) is 8.48. The minimum absolute atomic E-state index is 0.0998. The van der Waals surface area contributed by atoms with Crippen molar-refractivity contribution in [2.45, 2.75) is 26.4 Å². The average molecular weight is 370 g/mol. The van der Waals surface area contributed by atoms with Crippen molar-refractivity contribution in [1.29, 1.82) is 0 Å². The van der Waals surface area contributed by atoms with Gasteiger partial charge in [-0.15, -0.1) is 0 Å². The van der Waals surface area contributed by atoms with Crippen molar-refractivity contribution < 1.29 is 9.18 Å². The van der Waals surface area contributed by atoms with Crippen LogP contribution in [0.3, 0.4) is 0 Å². The van der Waals surface area contributed by atoms with Gasteiger partial charge in [0, 0.05) is 38.6 Å². The molecule has 1 saturated heterocycles. The van der Waals surface area contributed by atoms with Crippen LogP contribution in [0.15, 0.2) is 48.8 Å². The minimum atomic E-state index is -0.276. The quantitative estimate of drug-likeness (QED) is 0.849. The van der Waals surface area contributed by atoms with Crippen molar-refractivity contribution >= 4 is 6.03 Å². The zero-order valence-corrected chi connectivity index (χ0v) is 16.0. The molecule has 27 heavy (non-hydrogen) atoms. The number of urea groups is 1. The Kier molecular flexibility index (Phi) is 6.06. The Bertz CT molecular complexity index is 753. The van der Waals surface area contributed by atoms with Crippen LogP contribution in [0.5, 0.6) is 0 Å². The lowest BCUT2D eigenvalue weighted by atomic mass is 9.90. The van der Waals surface area contributed by atoms with E-state index in [9.17, 15) is 9.18 Å². The number of hydrogen-bond acceptors (Lipinski definition) is 3. The van der Waals surface area contributed by atoms with E-state index in [1.165, 1.54) is 12.1 Å². The topological polar surface area (TPSA) is 48.5 Å². The summed E-state index contributed by atoms with van der Waals surface area (Å²) in [4.78, 5) is 21.0. The Morgan fingerprint density at radius 3 is 2.41 bits per heavy atom. The van der Waals surface area contributed by atoms with E-state index in [0.717, 1.165) is 30.6 Å². The van der Waals surface area contributed by atoms with Gasteiger partial charge >= 0.3 is 6.03 Å². The highest BCUT2D eigenvalue weighted by Gasteiger charge is 2.32. The van der Waals surface area contributed by atoms with Crippen LogP contribution in [0.2, 0.25) is 0 Å². The predicted octanol–water partition coefficient (Wildman–Crippen LogP) is 3.27. The number of aromatic nitrogens is 1. The van der Waals surface area contributed by atoms with Crippen LogP contribution in [-0.4, -0.2) is 47.5 Å². The van der Waals surface area contributed by atoms with Crippen molar-refractivity contribution in [1.82, 2.24) is 20.1 Å². The average Bonchev–Trinajstić information content (AvgIpc) is 3.01. The SMILES string of the molecule is CN1CC[C@@](C)(CNC(=O)N(Cc2ccncc2)Cc2ccc(F)cc2)C1. The first-order valence-corrected chi connectivity index (χ1v) is 9.28. The molecule has 5 nitrogen and oxygen atoms in total. The molecule has 2 aromatic rings. The number of nitrogens with zero attached hydrogens (tertiary/aromatic N) is 3. The van der Waals surface area contributed by atoms with Gasteiger partial charge in [-0.1, -0.05) is 19.1 Å². The molecule has 0 bridgehead atoms. The van der Waals surface area contributed by atoms with E-state index in [1.807, 2.05) is 12.1 Å². The van der Waals surface area contributed by atoms with Gasteiger partial charge < -0.3 is 15.1 Å². The molecule has 1 aromatic carbocycles. The maximum absolute atomic E-state index is 13.2. The van der Waals surface area contributed by atoms with E-state index in [4.69, 9.17) is 0 Å². The van der Waals surface area contributed by atoms with Gasteiger partial charge in [0.1, 0.15) is 5.82 Å². The molecule has 0 aliphatic carbocycles. The fraction of sp³-hybridized carbons (Fsp3) is 0.429. The third kappa shape index (κ3) is 5.50. The standard InChI is InChI=1S/C21H27FN4O/c1-21(9-12-25(2)16-21)15-24-20(27)26(14-18-7-10-23-11-8-18)13-17-3-5-19(22)6-4-17/h3-8,10-11H,9,12-16H2,1-2H3,(H,24,27)/t21-/m0/s1. The Hall–Kier alpha value is -2.47. The van der Waals surface area contributed by atoms with Crippen molar-refractivity contribution in [3.63, 3.8) is 0 Å². The number of hydrogen-bond donors (Lipinski definition) is 1. The molecule has 0 radical (unpaired) electrons.